The third-order valence-electron chi connectivity index (χ3n) is 2.71. The van der Waals surface area contributed by atoms with E-state index in [-0.39, 0.29) is 10.7 Å². The van der Waals surface area contributed by atoms with E-state index in [1.807, 2.05) is 0 Å². The summed E-state index contributed by atoms with van der Waals surface area (Å²) in [6, 6.07) is 11.8. The van der Waals surface area contributed by atoms with Crippen LogP contribution in [0.15, 0.2) is 42.5 Å². The summed E-state index contributed by atoms with van der Waals surface area (Å²) in [5, 5.41) is 14.0. The second-order valence-electron chi connectivity index (χ2n) is 4.24. The third-order valence-corrected chi connectivity index (χ3v) is 3.02. The summed E-state index contributed by atoms with van der Waals surface area (Å²) in [5.41, 5.74) is 6.48. The molecular formula is C14H14ClN3O3. The molecule has 0 aromatic heterocycles. The van der Waals surface area contributed by atoms with Crippen molar-refractivity contribution in [3.8, 4) is 5.75 Å². The second kappa shape index (κ2) is 6.81. The summed E-state index contributed by atoms with van der Waals surface area (Å²) in [7, 11) is 0. The first-order valence-corrected chi connectivity index (χ1v) is 6.61. The molecule has 0 bridgehead atoms. The molecule has 0 saturated carbocycles. The molecule has 0 atom stereocenters. The summed E-state index contributed by atoms with van der Waals surface area (Å²) in [4.78, 5) is 10.5. The van der Waals surface area contributed by atoms with E-state index in [1.54, 1.807) is 36.4 Å². The molecule has 110 valence electrons. The second-order valence-corrected chi connectivity index (χ2v) is 4.65. The van der Waals surface area contributed by atoms with E-state index >= 15 is 0 Å². The first kappa shape index (κ1) is 14.9. The fourth-order valence-electron chi connectivity index (χ4n) is 1.80. The van der Waals surface area contributed by atoms with Crippen LogP contribution in [0.5, 0.6) is 5.75 Å². The smallest absolute Gasteiger partial charge is 0.310 e. The zero-order chi connectivity index (χ0) is 15.2. The highest BCUT2D eigenvalue weighted by Gasteiger charge is 2.17. The van der Waals surface area contributed by atoms with E-state index in [4.69, 9.17) is 22.1 Å². The minimum atomic E-state index is -0.510. The molecule has 0 aliphatic heterocycles. The van der Waals surface area contributed by atoms with Crippen molar-refractivity contribution in [2.75, 3.05) is 24.2 Å². The summed E-state index contributed by atoms with van der Waals surface area (Å²) in [5.74, 6) is 0.650. The Kier molecular flexibility index (Phi) is 4.84. The Balaban J connectivity index is 1.92. The number of nitrogen functional groups attached to an aromatic ring is 1. The van der Waals surface area contributed by atoms with Gasteiger partial charge in [-0.1, -0.05) is 23.7 Å². The number of ether oxygens (including phenoxy) is 1. The van der Waals surface area contributed by atoms with Gasteiger partial charge in [-0.15, -0.1) is 0 Å². The van der Waals surface area contributed by atoms with E-state index in [1.165, 1.54) is 6.07 Å². The Labute approximate surface area is 126 Å². The van der Waals surface area contributed by atoms with Crippen LogP contribution < -0.4 is 15.8 Å². The average Bonchev–Trinajstić information content (AvgIpc) is 2.43. The van der Waals surface area contributed by atoms with E-state index < -0.39 is 4.92 Å². The first-order valence-electron chi connectivity index (χ1n) is 6.23. The van der Waals surface area contributed by atoms with Gasteiger partial charge in [-0.2, -0.15) is 0 Å². The quantitative estimate of drug-likeness (QED) is 0.370. The minimum absolute atomic E-state index is 0.0988. The van der Waals surface area contributed by atoms with Crippen LogP contribution in [-0.2, 0) is 0 Å². The van der Waals surface area contributed by atoms with Crippen LogP contribution in [0.3, 0.4) is 0 Å². The molecule has 0 aliphatic rings. The number of nitro benzene ring substituents is 1. The number of hydrogen-bond acceptors (Lipinski definition) is 5. The SMILES string of the molecule is Nc1cccc(OCCNc2cccc(Cl)c2[N+](=O)[O-])c1. The number of benzene rings is 2. The molecule has 0 aliphatic carbocycles. The summed E-state index contributed by atoms with van der Waals surface area (Å²) < 4.78 is 5.49. The fourth-order valence-corrected chi connectivity index (χ4v) is 2.05. The number of hydrogen-bond donors (Lipinski definition) is 2. The molecule has 2 aromatic carbocycles. The Bertz CT molecular complexity index is 649. The predicted molar refractivity (Wildman–Crippen MR) is 82.9 cm³/mol. The van der Waals surface area contributed by atoms with Gasteiger partial charge in [0.05, 0.1) is 4.92 Å². The molecule has 21 heavy (non-hydrogen) atoms. The monoisotopic (exact) mass is 307 g/mol. The van der Waals surface area contributed by atoms with Crippen LogP contribution in [0.1, 0.15) is 0 Å². The Morgan fingerprint density at radius 1 is 1.29 bits per heavy atom. The van der Waals surface area contributed by atoms with Gasteiger partial charge in [0.25, 0.3) is 0 Å². The van der Waals surface area contributed by atoms with Crippen LogP contribution in [0.4, 0.5) is 17.1 Å². The van der Waals surface area contributed by atoms with Crippen molar-refractivity contribution >= 4 is 28.7 Å². The van der Waals surface area contributed by atoms with Gasteiger partial charge in [0.2, 0.25) is 0 Å². The van der Waals surface area contributed by atoms with Crippen LogP contribution in [0.2, 0.25) is 5.02 Å². The van der Waals surface area contributed by atoms with Crippen molar-refractivity contribution in [1.82, 2.24) is 0 Å². The maximum absolute atomic E-state index is 11.0. The summed E-state index contributed by atoms with van der Waals surface area (Å²) >= 11 is 5.82. The largest absolute Gasteiger partial charge is 0.492 e. The Morgan fingerprint density at radius 3 is 2.76 bits per heavy atom. The minimum Gasteiger partial charge on any atom is -0.492 e. The maximum atomic E-state index is 11.0. The van der Waals surface area contributed by atoms with E-state index in [2.05, 4.69) is 5.32 Å². The highest BCUT2D eigenvalue weighted by Crippen LogP contribution is 2.31. The first-order chi connectivity index (χ1) is 10.1. The Hall–Kier alpha value is -2.47. The standard InChI is InChI=1S/C14H14ClN3O3/c15-12-5-2-6-13(14(12)18(19)20)17-7-8-21-11-4-1-3-10(16)9-11/h1-6,9,17H,7-8,16H2. The van der Waals surface area contributed by atoms with Gasteiger partial charge >= 0.3 is 5.69 Å². The molecule has 0 fully saturated rings. The molecule has 2 aromatic rings. The molecule has 6 nitrogen and oxygen atoms in total. The topological polar surface area (TPSA) is 90.4 Å². The van der Waals surface area contributed by atoms with Gasteiger partial charge in [-0.05, 0) is 24.3 Å². The maximum Gasteiger partial charge on any atom is 0.310 e. The summed E-state index contributed by atoms with van der Waals surface area (Å²) in [6.07, 6.45) is 0. The molecular weight excluding hydrogens is 294 g/mol. The van der Waals surface area contributed by atoms with Gasteiger partial charge < -0.3 is 15.8 Å². The lowest BCUT2D eigenvalue weighted by Gasteiger charge is -2.09. The third kappa shape index (κ3) is 4.00. The van der Waals surface area contributed by atoms with Crippen molar-refractivity contribution in [2.45, 2.75) is 0 Å². The lowest BCUT2D eigenvalue weighted by atomic mass is 10.2. The highest BCUT2D eigenvalue weighted by atomic mass is 35.5. The average molecular weight is 308 g/mol. The fraction of sp³-hybridized carbons (Fsp3) is 0.143. The van der Waals surface area contributed by atoms with Crippen molar-refractivity contribution in [1.29, 1.82) is 0 Å². The summed E-state index contributed by atoms with van der Waals surface area (Å²) in [6.45, 7) is 0.739. The molecule has 3 N–H and O–H groups in total. The van der Waals surface area contributed by atoms with Gasteiger partial charge in [0.15, 0.2) is 0 Å². The van der Waals surface area contributed by atoms with Crippen LogP contribution in [-0.4, -0.2) is 18.1 Å². The Morgan fingerprint density at radius 2 is 2.05 bits per heavy atom. The van der Waals surface area contributed by atoms with E-state index in [9.17, 15) is 10.1 Å². The van der Waals surface area contributed by atoms with E-state index in [0.717, 1.165) is 0 Å². The number of halogens is 1. The number of para-hydroxylation sites is 1. The van der Waals surface area contributed by atoms with Crippen molar-refractivity contribution in [3.05, 3.63) is 57.6 Å². The van der Waals surface area contributed by atoms with Gasteiger partial charge in [-0.3, -0.25) is 10.1 Å². The van der Waals surface area contributed by atoms with Crippen molar-refractivity contribution in [3.63, 3.8) is 0 Å². The normalized spacial score (nSPS) is 10.1. The molecule has 0 radical (unpaired) electrons. The zero-order valence-electron chi connectivity index (χ0n) is 11.1. The molecule has 7 heteroatoms. The van der Waals surface area contributed by atoms with Gasteiger partial charge in [0.1, 0.15) is 23.1 Å². The lowest BCUT2D eigenvalue weighted by Crippen LogP contribution is -2.12. The number of anilines is 2. The molecule has 2 rings (SSSR count). The van der Waals surface area contributed by atoms with Crippen molar-refractivity contribution in [2.24, 2.45) is 0 Å². The number of nitrogens with one attached hydrogen (secondary N) is 1. The number of rotatable bonds is 6. The number of nitrogens with zero attached hydrogens (tertiary/aromatic N) is 1. The van der Waals surface area contributed by atoms with Crippen LogP contribution in [0, 0.1) is 10.1 Å². The zero-order valence-corrected chi connectivity index (χ0v) is 11.8. The molecule has 0 heterocycles. The molecule has 0 spiro atoms. The van der Waals surface area contributed by atoms with Crippen LogP contribution >= 0.6 is 11.6 Å². The van der Waals surface area contributed by atoms with E-state index in [0.29, 0.717) is 30.3 Å². The van der Waals surface area contributed by atoms with Crippen molar-refractivity contribution < 1.29 is 9.66 Å². The predicted octanol–water partition coefficient (Wildman–Crippen LogP) is 3.32. The lowest BCUT2D eigenvalue weighted by molar-refractivity contribution is -0.383. The molecule has 0 unspecified atom stereocenters. The molecule has 0 amide bonds. The van der Waals surface area contributed by atoms with Gasteiger partial charge in [-0.25, -0.2) is 0 Å². The number of nitro groups is 1. The molecule has 0 saturated heterocycles. The van der Waals surface area contributed by atoms with Gasteiger partial charge in [0, 0.05) is 18.3 Å². The van der Waals surface area contributed by atoms with Crippen LogP contribution in [0.25, 0.3) is 0 Å². The number of nitrogens with two attached hydrogens (primary N) is 1. The highest BCUT2D eigenvalue weighted by molar-refractivity contribution is 6.33.